The first-order valence-electron chi connectivity index (χ1n) is 6.36. The largest absolute Gasteiger partial charge is 0.342 e. The fraction of sp³-hybridized carbons (Fsp3) is 0.692. The van der Waals surface area contributed by atoms with Gasteiger partial charge in [-0.1, -0.05) is 13.8 Å². The molecule has 0 aromatic carbocycles. The number of carbonyl (C=O) groups excluding carboxylic acids is 1. The summed E-state index contributed by atoms with van der Waals surface area (Å²) >= 11 is 0. The van der Waals surface area contributed by atoms with Crippen LogP contribution in [-0.4, -0.2) is 33.7 Å². The number of aromatic nitrogens is 2. The van der Waals surface area contributed by atoms with Crippen molar-refractivity contribution in [1.82, 2.24) is 14.7 Å². The van der Waals surface area contributed by atoms with Crippen LogP contribution < -0.4 is 0 Å². The van der Waals surface area contributed by atoms with E-state index in [1.807, 2.05) is 36.7 Å². The summed E-state index contributed by atoms with van der Waals surface area (Å²) in [4.78, 5) is 13.8. The molecule has 0 radical (unpaired) electrons. The maximum Gasteiger partial charge on any atom is 0.225 e. The molecule has 0 bridgehead atoms. The number of amides is 1. The van der Waals surface area contributed by atoms with E-state index in [2.05, 4.69) is 11.2 Å². The van der Waals surface area contributed by atoms with Crippen molar-refractivity contribution in [2.45, 2.75) is 32.6 Å². The number of hydrogen-bond acceptors (Lipinski definition) is 2. The lowest BCUT2D eigenvalue weighted by Gasteiger charge is -2.32. The van der Waals surface area contributed by atoms with Crippen LogP contribution >= 0.6 is 0 Å². The Hall–Kier alpha value is -1.32. The number of rotatable bonds is 2. The molecule has 2 rings (SSSR count). The molecule has 1 aromatic rings. The predicted octanol–water partition coefficient (Wildman–Crippen LogP) is 1.78. The van der Waals surface area contributed by atoms with Gasteiger partial charge in [0, 0.05) is 38.2 Å². The summed E-state index contributed by atoms with van der Waals surface area (Å²) < 4.78 is 1.85. The Kier molecular flexibility index (Phi) is 3.50. The molecule has 1 aromatic heterocycles. The van der Waals surface area contributed by atoms with E-state index in [4.69, 9.17) is 0 Å². The van der Waals surface area contributed by atoms with E-state index in [0.29, 0.717) is 5.92 Å². The third-order valence-corrected chi connectivity index (χ3v) is 3.45. The zero-order valence-corrected chi connectivity index (χ0v) is 10.9. The second-order valence-electron chi connectivity index (χ2n) is 5.17. The van der Waals surface area contributed by atoms with Crippen molar-refractivity contribution in [3.63, 3.8) is 0 Å². The average Bonchev–Trinajstić information content (AvgIpc) is 2.75. The van der Waals surface area contributed by atoms with Gasteiger partial charge in [-0.3, -0.25) is 9.48 Å². The lowest BCUT2D eigenvalue weighted by atomic mass is 9.93. The molecular weight excluding hydrogens is 214 g/mol. The average molecular weight is 235 g/mol. The second kappa shape index (κ2) is 4.90. The Morgan fingerprint density at radius 1 is 1.41 bits per heavy atom. The van der Waals surface area contributed by atoms with Crippen molar-refractivity contribution in [2.75, 3.05) is 13.1 Å². The van der Waals surface area contributed by atoms with E-state index in [-0.39, 0.29) is 11.8 Å². The molecule has 1 aliphatic rings. The molecule has 4 nitrogen and oxygen atoms in total. The monoisotopic (exact) mass is 235 g/mol. The van der Waals surface area contributed by atoms with Gasteiger partial charge in [0.15, 0.2) is 0 Å². The van der Waals surface area contributed by atoms with E-state index in [0.717, 1.165) is 25.9 Å². The van der Waals surface area contributed by atoms with Crippen LogP contribution in [0.25, 0.3) is 0 Å². The van der Waals surface area contributed by atoms with E-state index in [1.54, 1.807) is 0 Å². The normalized spacial score (nSPS) is 17.8. The molecule has 0 spiro atoms. The molecule has 0 unspecified atom stereocenters. The first-order valence-corrected chi connectivity index (χ1v) is 6.36. The summed E-state index contributed by atoms with van der Waals surface area (Å²) in [5, 5.41) is 4.45. The number of carbonyl (C=O) groups is 1. The van der Waals surface area contributed by atoms with E-state index >= 15 is 0 Å². The summed E-state index contributed by atoms with van der Waals surface area (Å²) in [6, 6.07) is 2.09. The molecule has 0 N–H and O–H groups in total. The van der Waals surface area contributed by atoms with Crippen LogP contribution in [0.15, 0.2) is 12.3 Å². The fourth-order valence-electron chi connectivity index (χ4n) is 2.41. The van der Waals surface area contributed by atoms with E-state index in [1.165, 1.54) is 5.69 Å². The molecule has 1 saturated heterocycles. The summed E-state index contributed by atoms with van der Waals surface area (Å²) in [5.41, 5.74) is 1.17. The zero-order chi connectivity index (χ0) is 12.4. The molecule has 94 valence electrons. The molecule has 1 fully saturated rings. The summed E-state index contributed by atoms with van der Waals surface area (Å²) in [7, 11) is 1.95. The highest BCUT2D eigenvalue weighted by Crippen LogP contribution is 2.27. The molecule has 1 aliphatic heterocycles. The standard InChI is InChI=1S/C13H21N3O/c1-10(2)13(17)16-8-4-11(5-9-16)12-6-7-15(3)14-12/h6-7,10-11H,4-5,8-9H2,1-3H3. The number of nitrogens with zero attached hydrogens (tertiary/aromatic N) is 3. The Morgan fingerprint density at radius 2 is 2.06 bits per heavy atom. The van der Waals surface area contributed by atoms with Gasteiger partial charge in [0.05, 0.1) is 5.69 Å². The van der Waals surface area contributed by atoms with Crippen molar-refractivity contribution in [3.05, 3.63) is 18.0 Å². The van der Waals surface area contributed by atoms with Gasteiger partial charge in [0.2, 0.25) is 5.91 Å². The van der Waals surface area contributed by atoms with Crippen LogP contribution in [0.5, 0.6) is 0 Å². The van der Waals surface area contributed by atoms with Gasteiger partial charge in [0.25, 0.3) is 0 Å². The summed E-state index contributed by atoms with van der Waals surface area (Å²) in [6.07, 6.45) is 4.06. The molecule has 4 heteroatoms. The lowest BCUT2D eigenvalue weighted by Crippen LogP contribution is -2.40. The quantitative estimate of drug-likeness (QED) is 0.783. The SMILES string of the molecule is CC(C)C(=O)N1CCC(c2ccn(C)n2)CC1. The highest BCUT2D eigenvalue weighted by atomic mass is 16.2. The minimum absolute atomic E-state index is 0.112. The Balaban J connectivity index is 1.92. The minimum atomic E-state index is 0.112. The van der Waals surface area contributed by atoms with Gasteiger partial charge in [-0.2, -0.15) is 5.10 Å². The number of aryl methyl sites for hydroxylation is 1. The summed E-state index contributed by atoms with van der Waals surface area (Å²) in [6.45, 7) is 5.68. The zero-order valence-electron chi connectivity index (χ0n) is 10.9. The van der Waals surface area contributed by atoms with Gasteiger partial charge >= 0.3 is 0 Å². The molecule has 17 heavy (non-hydrogen) atoms. The van der Waals surface area contributed by atoms with Crippen LogP contribution in [-0.2, 0) is 11.8 Å². The van der Waals surface area contributed by atoms with Crippen LogP contribution in [0.1, 0.15) is 38.3 Å². The topological polar surface area (TPSA) is 38.1 Å². The van der Waals surface area contributed by atoms with Crippen LogP contribution in [0, 0.1) is 5.92 Å². The molecule has 0 aliphatic carbocycles. The Labute approximate surface area is 103 Å². The van der Waals surface area contributed by atoms with Gasteiger partial charge in [-0.05, 0) is 18.9 Å². The van der Waals surface area contributed by atoms with Crippen LogP contribution in [0.4, 0.5) is 0 Å². The van der Waals surface area contributed by atoms with Crippen molar-refractivity contribution in [1.29, 1.82) is 0 Å². The van der Waals surface area contributed by atoms with Gasteiger partial charge in [0.1, 0.15) is 0 Å². The second-order valence-corrected chi connectivity index (χ2v) is 5.17. The maximum atomic E-state index is 11.9. The van der Waals surface area contributed by atoms with E-state index in [9.17, 15) is 4.79 Å². The number of likely N-dealkylation sites (tertiary alicyclic amines) is 1. The molecule has 0 saturated carbocycles. The highest BCUT2D eigenvalue weighted by Gasteiger charge is 2.25. The lowest BCUT2D eigenvalue weighted by molar-refractivity contribution is -0.135. The summed E-state index contributed by atoms with van der Waals surface area (Å²) in [5.74, 6) is 0.915. The molecule has 2 heterocycles. The predicted molar refractivity (Wildman–Crippen MR) is 66.6 cm³/mol. The van der Waals surface area contributed by atoms with Gasteiger partial charge in [-0.25, -0.2) is 0 Å². The Morgan fingerprint density at radius 3 is 2.53 bits per heavy atom. The van der Waals surface area contributed by atoms with E-state index < -0.39 is 0 Å². The van der Waals surface area contributed by atoms with Gasteiger partial charge < -0.3 is 4.90 Å². The number of hydrogen-bond donors (Lipinski definition) is 0. The van der Waals surface area contributed by atoms with Crippen molar-refractivity contribution >= 4 is 5.91 Å². The van der Waals surface area contributed by atoms with Crippen LogP contribution in [0.2, 0.25) is 0 Å². The first-order chi connectivity index (χ1) is 8.08. The first kappa shape index (κ1) is 12.1. The third kappa shape index (κ3) is 2.68. The molecule has 0 atom stereocenters. The fourth-order valence-corrected chi connectivity index (χ4v) is 2.41. The molecular formula is C13H21N3O. The Bertz CT molecular complexity index is 389. The highest BCUT2D eigenvalue weighted by molar-refractivity contribution is 5.78. The van der Waals surface area contributed by atoms with Crippen LogP contribution in [0.3, 0.4) is 0 Å². The molecule has 1 amide bonds. The van der Waals surface area contributed by atoms with Crippen molar-refractivity contribution < 1.29 is 4.79 Å². The smallest absolute Gasteiger partial charge is 0.225 e. The van der Waals surface area contributed by atoms with Crippen molar-refractivity contribution in [2.24, 2.45) is 13.0 Å². The minimum Gasteiger partial charge on any atom is -0.342 e. The van der Waals surface area contributed by atoms with Crippen molar-refractivity contribution in [3.8, 4) is 0 Å². The number of piperidine rings is 1. The third-order valence-electron chi connectivity index (χ3n) is 3.45. The maximum absolute atomic E-state index is 11.9. The van der Waals surface area contributed by atoms with Gasteiger partial charge in [-0.15, -0.1) is 0 Å².